The van der Waals surface area contributed by atoms with E-state index in [0.717, 1.165) is 25.1 Å². The van der Waals surface area contributed by atoms with Gasteiger partial charge in [0.25, 0.3) is 0 Å². The number of hydrogen-bond acceptors (Lipinski definition) is 2. The molecule has 0 aromatic heterocycles. The summed E-state index contributed by atoms with van der Waals surface area (Å²) in [6.45, 7) is 6.38. The molecular weight excluding hydrogens is 253 g/mol. The minimum Gasteiger partial charge on any atom is -0.369 e. The Balaban J connectivity index is 2.13. The fourth-order valence-corrected chi connectivity index (χ4v) is 2.51. The van der Waals surface area contributed by atoms with Gasteiger partial charge >= 0.3 is 0 Å². The van der Waals surface area contributed by atoms with Gasteiger partial charge in [-0.15, -0.1) is 0 Å². The van der Waals surface area contributed by atoms with E-state index in [-0.39, 0.29) is 0 Å². The van der Waals surface area contributed by atoms with Crippen molar-refractivity contribution in [2.45, 2.75) is 26.3 Å². The van der Waals surface area contributed by atoms with Gasteiger partial charge in [-0.05, 0) is 12.3 Å². The first-order valence-corrected chi connectivity index (χ1v) is 6.60. The van der Waals surface area contributed by atoms with Gasteiger partial charge in [0.1, 0.15) is 0 Å². The third kappa shape index (κ3) is 3.41. The number of halogens is 3. The normalized spacial score (nSPS) is 20.1. The first kappa shape index (κ1) is 14.2. The summed E-state index contributed by atoms with van der Waals surface area (Å²) in [5.74, 6) is -3.11. The molecule has 0 saturated carbocycles. The Labute approximate surface area is 111 Å². The fourth-order valence-electron chi connectivity index (χ4n) is 2.51. The minimum atomic E-state index is -1.40. The van der Waals surface area contributed by atoms with Crippen molar-refractivity contribution < 1.29 is 13.2 Å². The number of nitrogens with zero attached hydrogens (tertiary/aromatic N) is 1. The highest BCUT2D eigenvalue weighted by molar-refractivity contribution is 5.48. The number of anilines is 1. The molecule has 1 saturated heterocycles. The average Bonchev–Trinajstić information content (AvgIpc) is 2.35. The lowest BCUT2D eigenvalue weighted by molar-refractivity contribution is 0.386. The zero-order valence-electron chi connectivity index (χ0n) is 11.2. The van der Waals surface area contributed by atoms with E-state index in [1.807, 2.05) is 4.90 Å². The lowest BCUT2D eigenvalue weighted by Gasteiger charge is -2.36. The van der Waals surface area contributed by atoms with Crippen LogP contribution < -0.4 is 10.2 Å². The van der Waals surface area contributed by atoms with Gasteiger partial charge in [-0.3, -0.25) is 0 Å². The molecule has 1 aromatic rings. The summed E-state index contributed by atoms with van der Waals surface area (Å²) in [5, 5.41) is 3.39. The van der Waals surface area contributed by atoms with E-state index in [2.05, 4.69) is 19.2 Å². The lowest BCUT2D eigenvalue weighted by atomic mass is 10.0. The van der Waals surface area contributed by atoms with Crippen molar-refractivity contribution in [3.05, 3.63) is 29.6 Å². The van der Waals surface area contributed by atoms with Gasteiger partial charge in [-0.2, -0.15) is 0 Å². The van der Waals surface area contributed by atoms with E-state index in [1.165, 1.54) is 0 Å². The smallest absolute Gasteiger partial charge is 0.194 e. The summed E-state index contributed by atoms with van der Waals surface area (Å²) in [4.78, 5) is 1.90. The Hall–Kier alpha value is -1.23. The van der Waals surface area contributed by atoms with Crippen LogP contribution in [0.3, 0.4) is 0 Å². The van der Waals surface area contributed by atoms with Gasteiger partial charge in [0.15, 0.2) is 17.5 Å². The zero-order chi connectivity index (χ0) is 14.0. The number of hydrogen-bond donors (Lipinski definition) is 1. The molecule has 1 N–H and O–H groups in total. The van der Waals surface area contributed by atoms with Crippen LogP contribution in [0, 0.1) is 23.4 Å². The SMILES string of the molecule is CC(C)CC1CN(c2cc(F)c(F)c(F)c2)CCN1. The molecule has 2 rings (SSSR count). The first-order chi connectivity index (χ1) is 8.97. The van der Waals surface area contributed by atoms with Crippen molar-refractivity contribution in [1.29, 1.82) is 0 Å². The summed E-state index contributed by atoms with van der Waals surface area (Å²) in [6.07, 6.45) is 1.00. The maximum absolute atomic E-state index is 13.2. The highest BCUT2D eigenvalue weighted by atomic mass is 19.2. The Kier molecular flexibility index (Phi) is 4.34. The van der Waals surface area contributed by atoms with E-state index in [4.69, 9.17) is 0 Å². The number of benzene rings is 1. The molecule has 1 heterocycles. The second kappa shape index (κ2) is 5.82. The molecule has 1 aromatic carbocycles. The molecule has 0 bridgehead atoms. The van der Waals surface area contributed by atoms with E-state index >= 15 is 0 Å². The molecule has 0 radical (unpaired) electrons. The van der Waals surface area contributed by atoms with E-state index < -0.39 is 17.5 Å². The van der Waals surface area contributed by atoms with Crippen LogP contribution in [0.2, 0.25) is 0 Å². The topological polar surface area (TPSA) is 15.3 Å². The summed E-state index contributed by atoms with van der Waals surface area (Å²) in [6, 6.07) is 2.43. The standard InChI is InChI=1S/C14H19F3N2/c1-9(2)5-10-8-19(4-3-18-10)11-6-12(15)14(17)13(16)7-11/h6-7,9-10,18H,3-5,8H2,1-2H3. The quantitative estimate of drug-likeness (QED) is 0.851. The minimum absolute atomic E-state index is 0.296. The van der Waals surface area contributed by atoms with Crippen molar-refractivity contribution in [3.8, 4) is 0 Å². The number of piperazine rings is 1. The van der Waals surface area contributed by atoms with Crippen LogP contribution in [0.15, 0.2) is 12.1 Å². The average molecular weight is 272 g/mol. The molecule has 106 valence electrons. The van der Waals surface area contributed by atoms with Gasteiger partial charge in [0.2, 0.25) is 0 Å². The van der Waals surface area contributed by atoms with Gasteiger partial charge in [0, 0.05) is 43.5 Å². The van der Waals surface area contributed by atoms with Crippen molar-refractivity contribution >= 4 is 5.69 Å². The van der Waals surface area contributed by atoms with Crippen LogP contribution in [0.1, 0.15) is 20.3 Å². The molecule has 0 spiro atoms. The van der Waals surface area contributed by atoms with Crippen LogP contribution in [0.25, 0.3) is 0 Å². The number of rotatable bonds is 3. The zero-order valence-corrected chi connectivity index (χ0v) is 11.2. The second-order valence-corrected chi connectivity index (χ2v) is 5.45. The first-order valence-electron chi connectivity index (χ1n) is 6.60. The fraction of sp³-hybridized carbons (Fsp3) is 0.571. The van der Waals surface area contributed by atoms with Crippen LogP contribution >= 0.6 is 0 Å². The molecule has 1 unspecified atom stereocenters. The molecule has 1 aliphatic rings. The summed E-state index contributed by atoms with van der Waals surface area (Å²) < 4.78 is 39.4. The number of nitrogens with one attached hydrogen (secondary N) is 1. The van der Waals surface area contributed by atoms with E-state index in [9.17, 15) is 13.2 Å². The van der Waals surface area contributed by atoms with Crippen LogP contribution in [0.5, 0.6) is 0 Å². The maximum Gasteiger partial charge on any atom is 0.194 e. The van der Waals surface area contributed by atoms with Crippen LogP contribution in [0.4, 0.5) is 18.9 Å². The maximum atomic E-state index is 13.2. The summed E-state index contributed by atoms with van der Waals surface area (Å²) in [5.41, 5.74) is 0.409. The van der Waals surface area contributed by atoms with Crippen LogP contribution in [-0.4, -0.2) is 25.7 Å². The monoisotopic (exact) mass is 272 g/mol. The highest BCUT2D eigenvalue weighted by Gasteiger charge is 2.22. The molecule has 0 aliphatic carbocycles. The van der Waals surface area contributed by atoms with Gasteiger partial charge in [0.05, 0.1) is 0 Å². The molecule has 5 heteroatoms. The Morgan fingerprint density at radius 2 is 1.89 bits per heavy atom. The van der Waals surface area contributed by atoms with Gasteiger partial charge < -0.3 is 10.2 Å². The molecule has 1 fully saturated rings. The van der Waals surface area contributed by atoms with Crippen molar-refractivity contribution in [1.82, 2.24) is 5.32 Å². The molecule has 2 nitrogen and oxygen atoms in total. The van der Waals surface area contributed by atoms with Gasteiger partial charge in [-0.1, -0.05) is 13.8 Å². The third-order valence-electron chi connectivity index (χ3n) is 3.35. The Bertz CT molecular complexity index is 425. The van der Waals surface area contributed by atoms with Crippen LogP contribution in [-0.2, 0) is 0 Å². The Morgan fingerprint density at radius 3 is 2.47 bits per heavy atom. The predicted molar refractivity (Wildman–Crippen MR) is 69.8 cm³/mol. The lowest BCUT2D eigenvalue weighted by Crippen LogP contribution is -2.51. The molecular formula is C14H19F3N2. The molecule has 1 atom stereocenters. The molecule has 0 amide bonds. The predicted octanol–water partition coefficient (Wildman–Crippen LogP) is 2.93. The van der Waals surface area contributed by atoms with Gasteiger partial charge in [-0.25, -0.2) is 13.2 Å². The van der Waals surface area contributed by atoms with E-state index in [1.54, 1.807) is 0 Å². The van der Waals surface area contributed by atoms with Crippen molar-refractivity contribution in [2.24, 2.45) is 5.92 Å². The second-order valence-electron chi connectivity index (χ2n) is 5.45. The van der Waals surface area contributed by atoms with Crippen molar-refractivity contribution in [3.63, 3.8) is 0 Å². The summed E-state index contributed by atoms with van der Waals surface area (Å²) in [7, 11) is 0. The largest absolute Gasteiger partial charge is 0.369 e. The van der Waals surface area contributed by atoms with E-state index in [0.29, 0.717) is 30.7 Å². The Morgan fingerprint density at radius 1 is 1.26 bits per heavy atom. The van der Waals surface area contributed by atoms with Crippen molar-refractivity contribution in [2.75, 3.05) is 24.5 Å². The molecule has 19 heavy (non-hydrogen) atoms. The summed E-state index contributed by atoms with van der Waals surface area (Å²) >= 11 is 0. The highest BCUT2D eigenvalue weighted by Crippen LogP contribution is 2.23. The third-order valence-corrected chi connectivity index (χ3v) is 3.35. The molecule has 1 aliphatic heterocycles.